The highest BCUT2D eigenvalue weighted by Crippen LogP contribution is 2.36. The number of urea groups is 1. The topological polar surface area (TPSA) is 84.8 Å². The minimum absolute atomic E-state index is 0.0632. The standard InChI is InChI=1S/C21H30N6O3/c1-14-19(29-4)11-16(12-23-14)25(3)20-17-13-26(21(28)22-2)8-5-18(17)27(24-20)15-6-9-30-10-7-15/h11-12,15H,5-10,13H2,1-4H3,(H,22,28). The van der Waals surface area contributed by atoms with E-state index < -0.39 is 0 Å². The van der Waals surface area contributed by atoms with E-state index in [9.17, 15) is 4.79 Å². The third-order valence-corrected chi connectivity index (χ3v) is 6.05. The molecule has 0 aromatic carbocycles. The Morgan fingerprint density at radius 1 is 1.37 bits per heavy atom. The van der Waals surface area contributed by atoms with E-state index in [1.807, 2.05) is 36.0 Å². The lowest BCUT2D eigenvalue weighted by molar-refractivity contribution is 0.0651. The summed E-state index contributed by atoms with van der Waals surface area (Å²) >= 11 is 0. The van der Waals surface area contributed by atoms with E-state index in [2.05, 4.69) is 15.0 Å². The van der Waals surface area contributed by atoms with Crippen LogP contribution >= 0.6 is 0 Å². The van der Waals surface area contributed by atoms with Crippen LogP contribution in [0.2, 0.25) is 0 Å². The summed E-state index contributed by atoms with van der Waals surface area (Å²) in [7, 11) is 5.30. The first-order valence-electron chi connectivity index (χ1n) is 10.4. The zero-order valence-electron chi connectivity index (χ0n) is 18.1. The molecule has 0 aliphatic carbocycles. The Labute approximate surface area is 177 Å². The van der Waals surface area contributed by atoms with Crippen LogP contribution in [0.25, 0.3) is 0 Å². The van der Waals surface area contributed by atoms with Crippen molar-refractivity contribution >= 4 is 17.5 Å². The summed E-state index contributed by atoms with van der Waals surface area (Å²) in [5, 5.41) is 7.79. The minimum Gasteiger partial charge on any atom is -0.495 e. The maximum absolute atomic E-state index is 12.3. The minimum atomic E-state index is -0.0632. The number of aromatic nitrogens is 3. The molecule has 0 saturated carbocycles. The Morgan fingerprint density at radius 3 is 2.83 bits per heavy atom. The molecule has 162 valence electrons. The van der Waals surface area contributed by atoms with Gasteiger partial charge in [-0.05, 0) is 19.8 Å². The van der Waals surface area contributed by atoms with Gasteiger partial charge in [0.2, 0.25) is 0 Å². The van der Waals surface area contributed by atoms with E-state index in [1.165, 1.54) is 5.69 Å². The fourth-order valence-corrected chi connectivity index (χ4v) is 4.28. The quantitative estimate of drug-likeness (QED) is 0.827. The van der Waals surface area contributed by atoms with Crippen molar-refractivity contribution in [1.29, 1.82) is 0 Å². The smallest absolute Gasteiger partial charge is 0.317 e. The van der Waals surface area contributed by atoms with Gasteiger partial charge in [0.25, 0.3) is 0 Å². The van der Waals surface area contributed by atoms with Crippen molar-refractivity contribution in [2.75, 3.05) is 45.9 Å². The van der Waals surface area contributed by atoms with Crippen molar-refractivity contribution in [2.45, 2.75) is 38.8 Å². The fraction of sp³-hybridized carbons (Fsp3) is 0.571. The second-order valence-corrected chi connectivity index (χ2v) is 7.80. The van der Waals surface area contributed by atoms with E-state index >= 15 is 0 Å². The van der Waals surface area contributed by atoms with Gasteiger partial charge < -0.3 is 24.6 Å². The Kier molecular flexibility index (Phi) is 5.80. The van der Waals surface area contributed by atoms with Gasteiger partial charge in [-0.2, -0.15) is 5.10 Å². The predicted molar refractivity (Wildman–Crippen MR) is 113 cm³/mol. The number of carbonyl (C=O) groups is 1. The molecule has 1 fully saturated rings. The molecule has 9 heteroatoms. The molecular weight excluding hydrogens is 384 g/mol. The van der Waals surface area contributed by atoms with Crippen molar-refractivity contribution in [2.24, 2.45) is 0 Å². The van der Waals surface area contributed by atoms with Crippen LogP contribution in [0.5, 0.6) is 5.75 Å². The van der Waals surface area contributed by atoms with Gasteiger partial charge in [0, 0.05) is 57.6 Å². The van der Waals surface area contributed by atoms with Crippen LogP contribution in [0.1, 0.15) is 35.8 Å². The highest BCUT2D eigenvalue weighted by molar-refractivity contribution is 5.75. The normalized spacial score (nSPS) is 16.9. The van der Waals surface area contributed by atoms with Gasteiger partial charge in [-0.15, -0.1) is 0 Å². The highest BCUT2D eigenvalue weighted by Gasteiger charge is 2.32. The molecule has 9 nitrogen and oxygen atoms in total. The van der Waals surface area contributed by atoms with E-state index in [-0.39, 0.29) is 6.03 Å². The van der Waals surface area contributed by atoms with Crippen LogP contribution in [0.3, 0.4) is 0 Å². The summed E-state index contributed by atoms with van der Waals surface area (Å²) in [5.74, 6) is 1.60. The Balaban J connectivity index is 1.74. The number of aryl methyl sites for hydroxylation is 1. The van der Waals surface area contributed by atoms with Crippen molar-refractivity contribution in [1.82, 2.24) is 25.0 Å². The van der Waals surface area contributed by atoms with Gasteiger partial charge in [-0.25, -0.2) is 4.79 Å². The molecule has 2 aromatic rings. The van der Waals surface area contributed by atoms with Crippen LogP contribution in [0.15, 0.2) is 12.3 Å². The summed E-state index contributed by atoms with van der Waals surface area (Å²) in [6.45, 7) is 4.66. The van der Waals surface area contributed by atoms with Crippen molar-refractivity contribution in [3.8, 4) is 5.75 Å². The zero-order valence-corrected chi connectivity index (χ0v) is 18.1. The van der Waals surface area contributed by atoms with Gasteiger partial charge in [-0.1, -0.05) is 0 Å². The highest BCUT2D eigenvalue weighted by atomic mass is 16.5. The monoisotopic (exact) mass is 414 g/mol. The lowest BCUT2D eigenvalue weighted by Gasteiger charge is -2.30. The van der Waals surface area contributed by atoms with E-state index in [1.54, 1.807) is 14.2 Å². The van der Waals surface area contributed by atoms with Crippen LogP contribution in [-0.4, -0.2) is 66.7 Å². The lowest BCUT2D eigenvalue weighted by atomic mass is 10.0. The van der Waals surface area contributed by atoms with E-state index in [0.717, 1.165) is 61.0 Å². The number of nitrogens with zero attached hydrogens (tertiary/aromatic N) is 5. The van der Waals surface area contributed by atoms with Crippen LogP contribution in [-0.2, 0) is 17.7 Å². The molecule has 0 radical (unpaired) electrons. The number of pyridine rings is 1. The number of rotatable bonds is 4. The maximum atomic E-state index is 12.3. The number of nitrogens with one attached hydrogen (secondary N) is 1. The third kappa shape index (κ3) is 3.69. The predicted octanol–water partition coefficient (Wildman–Crippen LogP) is 2.41. The van der Waals surface area contributed by atoms with Gasteiger partial charge >= 0.3 is 6.03 Å². The van der Waals surface area contributed by atoms with E-state index in [4.69, 9.17) is 14.6 Å². The molecule has 0 unspecified atom stereocenters. The Bertz CT molecular complexity index is 922. The molecular formula is C21H30N6O3. The fourth-order valence-electron chi connectivity index (χ4n) is 4.28. The van der Waals surface area contributed by atoms with Crippen LogP contribution in [0.4, 0.5) is 16.3 Å². The summed E-state index contributed by atoms with van der Waals surface area (Å²) in [4.78, 5) is 20.6. The summed E-state index contributed by atoms with van der Waals surface area (Å²) in [5.41, 5.74) is 4.05. The Hall–Kier alpha value is -2.81. The van der Waals surface area contributed by atoms with Crippen molar-refractivity contribution in [3.05, 3.63) is 29.2 Å². The molecule has 4 rings (SSSR count). The number of anilines is 2. The SMILES string of the molecule is CNC(=O)N1CCc2c(c(N(C)c3cnc(C)c(OC)c3)nn2C2CCOCC2)C1. The molecule has 0 spiro atoms. The second-order valence-electron chi connectivity index (χ2n) is 7.80. The summed E-state index contributed by atoms with van der Waals surface area (Å²) in [6.07, 6.45) is 4.53. The third-order valence-electron chi connectivity index (χ3n) is 6.05. The average molecular weight is 415 g/mol. The number of ether oxygens (including phenoxy) is 2. The van der Waals surface area contributed by atoms with Crippen LogP contribution < -0.4 is 15.0 Å². The molecule has 2 aromatic heterocycles. The molecule has 1 N–H and O–H groups in total. The first-order valence-corrected chi connectivity index (χ1v) is 10.4. The zero-order chi connectivity index (χ0) is 21.3. The number of hydrogen-bond donors (Lipinski definition) is 1. The summed E-state index contributed by atoms with van der Waals surface area (Å²) < 4.78 is 13.2. The number of hydrogen-bond acceptors (Lipinski definition) is 6. The first-order chi connectivity index (χ1) is 14.5. The molecule has 0 atom stereocenters. The number of amides is 2. The molecule has 4 heterocycles. The second kappa shape index (κ2) is 8.51. The van der Waals surface area contributed by atoms with Crippen molar-refractivity contribution < 1.29 is 14.3 Å². The number of carbonyl (C=O) groups excluding carboxylic acids is 1. The molecule has 0 bridgehead atoms. The molecule has 2 aliphatic heterocycles. The van der Waals surface area contributed by atoms with Gasteiger partial charge in [-0.3, -0.25) is 9.67 Å². The van der Waals surface area contributed by atoms with Crippen LogP contribution in [0, 0.1) is 6.92 Å². The molecule has 2 amide bonds. The number of fused-ring (bicyclic) bond motifs is 1. The van der Waals surface area contributed by atoms with Gasteiger partial charge in [0.15, 0.2) is 5.82 Å². The largest absolute Gasteiger partial charge is 0.495 e. The lowest BCUT2D eigenvalue weighted by Crippen LogP contribution is -2.41. The summed E-state index contributed by atoms with van der Waals surface area (Å²) in [6, 6.07) is 2.24. The first kappa shape index (κ1) is 20.5. The molecule has 1 saturated heterocycles. The molecule has 2 aliphatic rings. The Morgan fingerprint density at radius 2 is 2.13 bits per heavy atom. The van der Waals surface area contributed by atoms with Gasteiger partial charge in [0.1, 0.15) is 5.75 Å². The average Bonchev–Trinajstić information content (AvgIpc) is 3.17. The van der Waals surface area contributed by atoms with Gasteiger partial charge in [0.05, 0.1) is 37.3 Å². The molecule has 30 heavy (non-hydrogen) atoms. The van der Waals surface area contributed by atoms with Crippen molar-refractivity contribution in [3.63, 3.8) is 0 Å². The maximum Gasteiger partial charge on any atom is 0.317 e. The number of methoxy groups -OCH3 is 1. The van der Waals surface area contributed by atoms with E-state index in [0.29, 0.717) is 19.1 Å².